The van der Waals surface area contributed by atoms with Crippen LogP contribution in [0.25, 0.3) is 11.3 Å². The lowest BCUT2D eigenvalue weighted by Crippen LogP contribution is -2.18. The highest BCUT2D eigenvalue weighted by molar-refractivity contribution is 7.07. The molecule has 1 aliphatic carbocycles. The lowest BCUT2D eigenvalue weighted by Gasteiger charge is -2.18. The summed E-state index contributed by atoms with van der Waals surface area (Å²) in [6, 6.07) is 25.1. The standard InChI is InChI=1S/C26H22N4O2S/c31-30(32)22-15-13-21(14-16-22)25-18-33-26(27-17-19-7-2-1-3-8-19)29(25)28-24-12-6-10-20-9-4-5-11-23(20)24/h1-5,7-9,11,13-16,18H,6,10,12,17H2. The van der Waals surface area contributed by atoms with Gasteiger partial charge in [-0.15, -0.1) is 11.3 Å². The molecule has 6 nitrogen and oxygen atoms in total. The molecule has 7 heteroatoms. The van der Waals surface area contributed by atoms with E-state index in [1.54, 1.807) is 12.1 Å². The molecule has 33 heavy (non-hydrogen) atoms. The minimum Gasteiger partial charge on any atom is -0.258 e. The summed E-state index contributed by atoms with van der Waals surface area (Å²) in [6.07, 6.45) is 3.02. The van der Waals surface area contributed by atoms with Crippen LogP contribution >= 0.6 is 11.3 Å². The minimum absolute atomic E-state index is 0.0713. The van der Waals surface area contributed by atoms with Gasteiger partial charge in [0.25, 0.3) is 5.69 Å². The van der Waals surface area contributed by atoms with Crippen LogP contribution in [0.3, 0.4) is 0 Å². The third-order valence-electron chi connectivity index (χ3n) is 5.71. The predicted octanol–water partition coefficient (Wildman–Crippen LogP) is 5.81. The molecule has 0 N–H and O–H groups in total. The number of nitrogens with zero attached hydrogens (tertiary/aromatic N) is 4. The topological polar surface area (TPSA) is 72.8 Å². The Labute approximate surface area is 195 Å². The zero-order valence-corrected chi connectivity index (χ0v) is 18.7. The van der Waals surface area contributed by atoms with Gasteiger partial charge in [0.05, 0.1) is 22.9 Å². The van der Waals surface area contributed by atoms with Crippen molar-refractivity contribution >= 4 is 22.7 Å². The zero-order valence-electron chi connectivity index (χ0n) is 17.9. The summed E-state index contributed by atoms with van der Waals surface area (Å²) in [5, 5.41) is 18.2. The largest absolute Gasteiger partial charge is 0.269 e. The molecular formula is C26H22N4O2S. The number of benzene rings is 3. The Bertz CT molecular complexity index is 1390. The third-order valence-corrected chi connectivity index (χ3v) is 6.56. The maximum absolute atomic E-state index is 11.1. The highest BCUT2D eigenvalue weighted by atomic mass is 32.1. The number of hydrogen-bond acceptors (Lipinski definition) is 5. The molecule has 0 radical (unpaired) electrons. The highest BCUT2D eigenvalue weighted by Gasteiger charge is 2.17. The molecule has 0 aliphatic heterocycles. The fraction of sp³-hybridized carbons (Fsp3) is 0.154. The lowest BCUT2D eigenvalue weighted by atomic mass is 9.90. The van der Waals surface area contributed by atoms with Crippen LogP contribution in [0.1, 0.15) is 29.5 Å². The van der Waals surface area contributed by atoms with E-state index >= 15 is 0 Å². The number of nitro benzene ring substituents is 1. The molecule has 0 spiro atoms. The first-order valence-corrected chi connectivity index (χ1v) is 11.7. The number of aryl methyl sites for hydroxylation is 1. The van der Waals surface area contributed by atoms with Crippen molar-refractivity contribution in [1.82, 2.24) is 4.68 Å². The van der Waals surface area contributed by atoms with Gasteiger partial charge in [-0.05, 0) is 42.5 Å². The van der Waals surface area contributed by atoms with Crippen molar-refractivity contribution < 1.29 is 4.92 Å². The number of aromatic nitrogens is 1. The SMILES string of the molecule is O=[N+]([O-])c1ccc(-c2csc(=NCc3ccccc3)n2N=C2CCCc3ccccc32)cc1. The van der Waals surface area contributed by atoms with Gasteiger partial charge < -0.3 is 0 Å². The second kappa shape index (κ2) is 9.34. The van der Waals surface area contributed by atoms with Crippen LogP contribution in [0.5, 0.6) is 0 Å². The summed E-state index contributed by atoms with van der Waals surface area (Å²) in [6.45, 7) is 0.558. The van der Waals surface area contributed by atoms with Crippen molar-refractivity contribution in [2.75, 3.05) is 0 Å². The Morgan fingerprint density at radius 1 is 0.939 bits per heavy atom. The number of rotatable bonds is 5. The van der Waals surface area contributed by atoms with E-state index < -0.39 is 0 Å². The van der Waals surface area contributed by atoms with Gasteiger partial charge >= 0.3 is 0 Å². The van der Waals surface area contributed by atoms with E-state index in [4.69, 9.17) is 10.1 Å². The fourth-order valence-electron chi connectivity index (χ4n) is 4.02. The van der Waals surface area contributed by atoms with Crippen molar-refractivity contribution in [2.24, 2.45) is 10.1 Å². The van der Waals surface area contributed by atoms with Gasteiger partial charge in [0, 0.05) is 28.6 Å². The summed E-state index contributed by atoms with van der Waals surface area (Å²) in [7, 11) is 0. The summed E-state index contributed by atoms with van der Waals surface area (Å²) in [5.74, 6) is 0. The van der Waals surface area contributed by atoms with E-state index in [0.717, 1.165) is 46.6 Å². The number of nitro groups is 1. The fourth-order valence-corrected chi connectivity index (χ4v) is 4.86. The van der Waals surface area contributed by atoms with Crippen LogP contribution in [0, 0.1) is 10.1 Å². The van der Waals surface area contributed by atoms with Gasteiger partial charge in [0.15, 0.2) is 0 Å². The molecule has 0 saturated carbocycles. The van der Waals surface area contributed by atoms with Crippen LogP contribution < -0.4 is 4.80 Å². The van der Waals surface area contributed by atoms with Crippen molar-refractivity contribution in [3.05, 3.63) is 116 Å². The van der Waals surface area contributed by atoms with Gasteiger partial charge in [0.2, 0.25) is 4.80 Å². The Kier molecular flexibility index (Phi) is 5.95. The van der Waals surface area contributed by atoms with E-state index in [-0.39, 0.29) is 10.6 Å². The molecule has 164 valence electrons. The molecule has 1 aromatic heterocycles. The van der Waals surface area contributed by atoms with Gasteiger partial charge in [-0.3, -0.25) is 15.1 Å². The molecule has 3 aromatic carbocycles. The van der Waals surface area contributed by atoms with Crippen molar-refractivity contribution in [3.63, 3.8) is 0 Å². The van der Waals surface area contributed by atoms with Crippen LogP contribution in [0.2, 0.25) is 0 Å². The summed E-state index contributed by atoms with van der Waals surface area (Å²) >= 11 is 1.53. The van der Waals surface area contributed by atoms with Crippen molar-refractivity contribution in [2.45, 2.75) is 25.8 Å². The third kappa shape index (κ3) is 4.54. The molecule has 0 bridgehead atoms. The molecule has 1 aliphatic rings. The number of fused-ring (bicyclic) bond motifs is 1. The normalized spacial score (nSPS) is 14.9. The Hall–Kier alpha value is -3.84. The van der Waals surface area contributed by atoms with E-state index in [0.29, 0.717) is 6.54 Å². The lowest BCUT2D eigenvalue weighted by molar-refractivity contribution is -0.384. The number of thiazole rings is 1. The van der Waals surface area contributed by atoms with E-state index in [2.05, 4.69) is 36.4 Å². The van der Waals surface area contributed by atoms with Crippen LogP contribution in [-0.4, -0.2) is 15.3 Å². The van der Waals surface area contributed by atoms with E-state index in [1.165, 1.54) is 34.6 Å². The first kappa shape index (κ1) is 21.0. The van der Waals surface area contributed by atoms with Crippen LogP contribution in [0.4, 0.5) is 5.69 Å². The quantitative estimate of drug-likeness (QED) is 0.282. The molecule has 1 heterocycles. The average Bonchev–Trinajstić information content (AvgIpc) is 3.26. The van der Waals surface area contributed by atoms with Crippen molar-refractivity contribution in [1.29, 1.82) is 0 Å². The molecule has 0 unspecified atom stereocenters. The summed E-state index contributed by atoms with van der Waals surface area (Å²) < 4.78 is 1.90. The summed E-state index contributed by atoms with van der Waals surface area (Å²) in [5.41, 5.74) is 6.49. The molecule has 0 saturated heterocycles. The number of hydrogen-bond donors (Lipinski definition) is 0. The Morgan fingerprint density at radius 3 is 2.48 bits per heavy atom. The Balaban J connectivity index is 1.62. The maximum atomic E-state index is 11.1. The van der Waals surface area contributed by atoms with Gasteiger partial charge in [-0.2, -0.15) is 5.10 Å². The van der Waals surface area contributed by atoms with Crippen LogP contribution in [-0.2, 0) is 13.0 Å². The molecular weight excluding hydrogens is 432 g/mol. The molecule has 5 rings (SSSR count). The zero-order chi connectivity index (χ0) is 22.6. The predicted molar refractivity (Wildman–Crippen MR) is 131 cm³/mol. The molecule has 4 aromatic rings. The van der Waals surface area contributed by atoms with Gasteiger partial charge in [0.1, 0.15) is 0 Å². The second-order valence-electron chi connectivity index (χ2n) is 7.88. The Morgan fingerprint density at radius 2 is 1.70 bits per heavy atom. The number of non-ortho nitro benzene ring substituents is 1. The van der Waals surface area contributed by atoms with Gasteiger partial charge in [-0.1, -0.05) is 54.6 Å². The smallest absolute Gasteiger partial charge is 0.258 e. The van der Waals surface area contributed by atoms with Gasteiger partial charge in [-0.25, -0.2) is 4.68 Å². The first-order chi connectivity index (χ1) is 16.2. The average molecular weight is 455 g/mol. The first-order valence-electron chi connectivity index (χ1n) is 10.8. The highest BCUT2D eigenvalue weighted by Crippen LogP contribution is 2.26. The van der Waals surface area contributed by atoms with Crippen molar-refractivity contribution in [3.8, 4) is 11.3 Å². The monoisotopic (exact) mass is 454 g/mol. The summed E-state index contributed by atoms with van der Waals surface area (Å²) in [4.78, 5) is 16.4. The molecule has 0 amide bonds. The molecule has 0 atom stereocenters. The van der Waals surface area contributed by atoms with E-state index in [1.807, 2.05) is 28.3 Å². The molecule has 0 fully saturated rings. The minimum atomic E-state index is -0.384. The van der Waals surface area contributed by atoms with Crippen LogP contribution in [0.15, 0.2) is 94.3 Å². The maximum Gasteiger partial charge on any atom is 0.269 e. The second-order valence-corrected chi connectivity index (χ2v) is 8.72. The van der Waals surface area contributed by atoms with E-state index in [9.17, 15) is 10.1 Å².